The fraction of sp³-hybridized carbons (Fsp3) is 0.178. The molecular formula is C45H38N6OPt. The molecule has 0 saturated carbocycles. The minimum Gasteiger partial charge on any atom is -0.509 e. The Bertz CT molecular complexity index is 2740. The van der Waals surface area contributed by atoms with E-state index in [9.17, 15) is 0 Å². The quantitative estimate of drug-likeness (QED) is 0.150. The van der Waals surface area contributed by atoms with Crippen molar-refractivity contribution in [2.75, 3.05) is 0 Å². The van der Waals surface area contributed by atoms with Crippen LogP contribution in [0.4, 0.5) is 0 Å². The number of para-hydroxylation sites is 3. The van der Waals surface area contributed by atoms with Gasteiger partial charge in [0.05, 0.1) is 28.1 Å². The third-order valence-electron chi connectivity index (χ3n) is 10.1. The molecule has 0 bridgehead atoms. The fourth-order valence-electron chi connectivity index (χ4n) is 7.49. The minimum absolute atomic E-state index is 0. The van der Waals surface area contributed by atoms with E-state index >= 15 is 0 Å². The number of aromatic nitrogens is 6. The number of aryl methyl sites for hydroxylation is 2. The van der Waals surface area contributed by atoms with Gasteiger partial charge in [0.25, 0.3) is 0 Å². The van der Waals surface area contributed by atoms with E-state index in [0.29, 0.717) is 29.0 Å². The summed E-state index contributed by atoms with van der Waals surface area (Å²) >= 11 is 0. The molecule has 0 radical (unpaired) electrons. The van der Waals surface area contributed by atoms with Crippen molar-refractivity contribution in [1.29, 1.82) is 0 Å². The van der Waals surface area contributed by atoms with Gasteiger partial charge in [0, 0.05) is 40.1 Å². The van der Waals surface area contributed by atoms with Crippen LogP contribution in [-0.2, 0) is 21.1 Å². The van der Waals surface area contributed by atoms with Crippen LogP contribution in [0, 0.1) is 26.0 Å². The van der Waals surface area contributed by atoms with E-state index in [-0.39, 0.29) is 21.1 Å². The number of fused-ring (bicyclic) bond motifs is 6. The van der Waals surface area contributed by atoms with Crippen molar-refractivity contribution in [1.82, 2.24) is 29.1 Å². The zero-order chi connectivity index (χ0) is 35.7. The van der Waals surface area contributed by atoms with Crippen molar-refractivity contribution in [3.63, 3.8) is 0 Å². The fourth-order valence-corrected chi connectivity index (χ4v) is 7.49. The second-order valence-corrected chi connectivity index (χ2v) is 14.1. The molecule has 0 fully saturated rings. The smallest absolute Gasteiger partial charge is 0.509 e. The summed E-state index contributed by atoms with van der Waals surface area (Å²) in [7, 11) is 0. The van der Waals surface area contributed by atoms with Crippen molar-refractivity contribution in [3.05, 3.63) is 144 Å². The summed E-state index contributed by atoms with van der Waals surface area (Å²) in [5.74, 6) is 2.63. The van der Waals surface area contributed by atoms with Crippen LogP contribution in [0.5, 0.6) is 11.5 Å². The van der Waals surface area contributed by atoms with Gasteiger partial charge in [-0.05, 0) is 60.0 Å². The van der Waals surface area contributed by atoms with E-state index in [2.05, 4.69) is 138 Å². The summed E-state index contributed by atoms with van der Waals surface area (Å²) in [6.45, 7) is 13.0. The van der Waals surface area contributed by atoms with Crippen LogP contribution in [0.2, 0.25) is 0 Å². The topological polar surface area (TPSA) is 62.7 Å². The predicted octanol–water partition coefficient (Wildman–Crippen LogP) is 11.1. The predicted molar refractivity (Wildman–Crippen MR) is 210 cm³/mol. The number of nitrogens with zero attached hydrogens (tertiary/aromatic N) is 6. The molecule has 0 saturated heterocycles. The van der Waals surface area contributed by atoms with Gasteiger partial charge in [-0.1, -0.05) is 87.8 Å². The monoisotopic (exact) mass is 873 g/mol. The Kier molecular flexibility index (Phi) is 8.78. The molecule has 7 nitrogen and oxygen atoms in total. The van der Waals surface area contributed by atoms with Gasteiger partial charge in [-0.15, -0.1) is 35.7 Å². The van der Waals surface area contributed by atoms with Crippen LogP contribution in [0.3, 0.4) is 0 Å². The van der Waals surface area contributed by atoms with Gasteiger partial charge in [0.15, 0.2) is 0 Å². The summed E-state index contributed by atoms with van der Waals surface area (Å²) in [6, 6.07) is 42.9. The van der Waals surface area contributed by atoms with E-state index < -0.39 is 0 Å². The molecule has 0 unspecified atom stereocenters. The Hall–Kier alpha value is -5.52. The number of hydrogen-bond acceptors (Lipinski definition) is 4. The standard InChI is InChI=1S/C45H38N6O.Pt/c1-27(2)35-15-10-17-39-40-18-11-16-36(28(3)4)45(40)49(44(35)39)31-22-23-46-43(25-31)50-41-19-8-7-14-37(41)38-21-20-34(26-42(38)50)52-33-13-9-12-32(24-33)51-47-29(5)30(6)48-51;/h7-23,25,27-28H,1-6H3;/q-2;+2. The third-order valence-corrected chi connectivity index (χ3v) is 10.1. The number of rotatable bonds is 7. The van der Waals surface area contributed by atoms with Gasteiger partial charge < -0.3 is 13.9 Å². The molecule has 0 N–H and O–H groups in total. The first-order valence-corrected chi connectivity index (χ1v) is 17.9. The van der Waals surface area contributed by atoms with Crippen LogP contribution in [0.1, 0.15) is 62.0 Å². The number of hydrogen-bond donors (Lipinski definition) is 0. The van der Waals surface area contributed by atoms with Gasteiger partial charge in [0.2, 0.25) is 0 Å². The summed E-state index contributed by atoms with van der Waals surface area (Å²) in [5.41, 5.74) is 10.6. The number of pyridine rings is 1. The zero-order valence-electron chi connectivity index (χ0n) is 30.5. The normalized spacial score (nSPS) is 11.8. The Morgan fingerprint density at radius 2 is 1.23 bits per heavy atom. The van der Waals surface area contributed by atoms with E-state index in [1.807, 2.05) is 44.3 Å². The molecule has 5 aromatic carbocycles. The minimum atomic E-state index is 0. The van der Waals surface area contributed by atoms with E-state index in [4.69, 9.17) is 9.72 Å². The molecule has 0 aliphatic rings. The molecule has 0 aliphatic heterocycles. The van der Waals surface area contributed by atoms with Gasteiger partial charge in [-0.3, -0.25) is 0 Å². The molecule has 0 aliphatic carbocycles. The Morgan fingerprint density at radius 1 is 0.604 bits per heavy atom. The van der Waals surface area contributed by atoms with Crippen molar-refractivity contribution in [2.45, 2.75) is 53.4 Å². The van der Waals surface area contributed by atoms with Crippen LogP contribution in [-0.4, -0.2) is 29.1 Å². The van der Waals surface area contributed by atoms with E-state index in [0.717, 1.165) is 44.7 Å². The molecule has 264 valence electrons. The molecule has 4 aromatic heterocycles. The van der Waals surface area contributed by atoms with E-state index in [1.165, 1.54) is 32.9 Å². The first kappa shape index (κ1) is 34.6. The van der Waals surface area contributed by atoms with Crippen LogP contribution in [0.25, 0.3) is 60.8 Å². The Morgan fingerprint density at radius 3 is 1.91 bits per heavy atom. The Labute approximate surface area is 323 Å². The number of benzene rings is 5. The van der Waals surface area contributed by atoms with Gasteiger partial charge in [-0.2, -0.15) is 27.1 Å². The van der Waals surface area contributed by atoms with Crippen LogP contribution < -0.4 is 4.74 Å². The molecule has 9 rings (SSSR count). The molecule has 4 heterocycles. The van der Waals surface area contributed by atoms with Crippen molar-refractivity contribution < 1.29 is 25.8 Å². The van der Waals surface area contributed by atoms with Crippen molar-refractivity contribution in [3.8, 4) is 28.7 Å². The average molecular weight is 874 g/mol. The largest absolute Gasteiger partial charge is 2.00 e. The van der Waals surface area contributed by atoms with Crippen molar-refractivity contribution >= 4 is 43.6 Å². The first-order chi connectivity index (χ1) is 25.3. The number of ether oxygens (including phenoxy) is 1. The Balaban J connectivity index is 0.00000400. The summed E-state index contributed by atoms with van der Waals surface area (Å²) in [5, 5.41) is 13.8. The maximum Gasteiger partial charge on any atom is 2.00 e. The summed E-state index contributed by atoms with van der Waals surface area (Å²) in [4.78, 5) is 6.59. The van der Waals surface area contributed by atoms with Crippen molar-refractivity contribution in [2.24, 2.45) is 0 Å². The summed E-state index contributed by atoms with van der Waals surface area (Å²) < 4.78 is 11.1. The molecule has 0 amide bonds. The molecule has 9 aromatic rings. The average Bonchev–Trinajstić information content (AvgIpc) is 3.79. The molecule has 0 atom stereocenters. The zero-order valence-corrected chi connectivity index (χ0v) is 32.7. The van der Waals surface area contributed by atoms with Crippen LogP contribution in [0.15, 0.2) is 109 Å². The molecular weight excluding hydrogens is 836 g/mol. The summed E-state index contributed by atoms with van der Waals surface area (Å²) in [6.07, 6.45) is 1.92. The van der Waals surface area contributed by atoms with E-state index in [1.54, 1.807) is 4.80 Å². The second-order valence-electron chi connectivity index (χ2n) is 14.1. The first-order valence-electron chi connectivity index (χ1n) is 17.9. The van der Waals surface area contributed by atoms with Gasteiger partial charge >= 0.3 is 21.1 Å². The third kappa shape index (κ3) is 5.75. The maximum atomic E-state index is 6.40. The van der Waals surface area contributed by atoms with Crippen LogP contribution >= 0.6 is 0 Å². The second kappa shape index (κ2) is 13.5. The SMILES string of the molecule is Cc1nn(-c2[c-]c(Oc3[c-]c4c(cc3)c3ccccc3n4-c3cc(-n4c5c(C(C)C)cccc5c5cccc(C(C)C)c54)ccn3)ccc2)nc1C.[Pt+2]. The van der Waals surface area contributed by atoms with Gasteiger partial charge in [0.1, 0.15) is 5.82 Å². The van der Waals surface area contributed by atoms with Gasteiger partial charge in [-0.25, -0.2) is 4.98 Å². The molecule has 0 spiro atoms. The maximum absolute atomic E-state index is 6.40. The molecule has 8 heteroatoms. The molecule has 53 heavy (non-hydrogen) atoms.